The van der Waals surface area contributed by atoms with E-state index in [1.165, 1.54) is 24.8 Å². The Morgan fingerprint density at radius 3 is 2.38 bits per heavy atom. The normalized spacial score (nSPS) is 27.3. The number of aliphatic hydroxyl groups is 1. The summed E-state index contributed by atoms with van der Waals surface area (Å²) in [6.45, 7) is 7.64. The van der Waals surface area contributed by atoms with E-state index in [-0.39, 0.29) is 0 Å². The summed E-state index contributed by atoms with van der Waals surface area (Å²) in [6.07, 6.45) is 3.31. The fourth-order valence-corrected chi connectivity index (χ4v) is 3.30. The van der Waals surface area contributed by atoms with Crippen LogP contribution in [0.5, 0.6) is 5.75 Å². The Hall–Kier alpha value is -1.06. The third kappa shape index (κ3) is 5.68. The van der Waals surface area contributed by atoms with Crippen molar-refractivity contribution in [2.45, 2.75) is 52.2 Å². The number of rotatable bonds is 6. The minimum atomic E-state index is -0.459. The van der Waals surface area contributed by atoms with Crippen molar-refractivity contribution in [2.75, 3.05) is 13.2 Å². The summed E-state index contributed by atoms with van der Waals surface area (Å²) in [4.78, 5) is 0. The fraction of sp³-hybridized carbons (Fsp3) is 0.667. The highest BCUT2D eigenvalue weighted by Crippen LogP contribution is 2.28. The van der Waals surface area contributed by atoms with Gasteiger partial charge in [-0.05, 0) is 50.2 Å². The van der Waals surface area contributed by atoms with Crippen LogP contribution < -0.4 is 10.1 Å². The van der Waals surface area contributed by atoms with E-state index >= 15 is 0 Å². The molecule has 0 saturated heterocycles. The van der Waals surface area contributed by atoms with Crippen molar-refractivity contribution >= 4 is 0 Å². The smallest absolute Gasteiger partial charge is 0.119 e. The Balaban J connectivity index is 1.67. The molecule has 0 amide bonds. The molecule has 1 aromatic rings. The van der Waals surface area contributed by atoms with E-state index < -0.39 is 6.10 Å². The van der Waals surface area contributed by atoms with Crippen LogP contribution in [0, 0.1) is 18.8 Å². The van der Waals surface area contributed by atoms with E-state index in [0.29, 0.717) is 19.2 Å². The molecule has 0 heterocycles. The third-order valence-electron chi connectivity index (χ3n) is 4.28. The molecule has 3 nitrogen and oxygen atoms in total. The topological polar surface area (TPSA) is 41.5 Å². The van der Waals surface area contributed by atoms with Crippen LogP contribution in [-0.4, -0.2) is 30.4 Å². The van der Waals surface area contributed by atoms with E-state index in [4.69, 9.17) is 4.74 Å². The summed E-state index contributed by atoms with van der Waals surface area (Å²) < 4.78 is 5.61. The van der Waals surface area contributed by atoms with Crippen molar-refractivity contribution in [3.8, 4) is 5.75 Å². The minimum absolute atomic E-state index is 0.341. The zero-order chi connectivity index (χ0) is 15.2. The van der Waals surface area contributed by atoms with Gasteiger partial charge in [0.25, 0.3) is 0 Å². The molecular formula is C18H29NO2. The first-order chi connectivity index (χ1) is 10.0. The lowest BCUT2D eigenvalue weighted by Gasteiger charge is -2.32. The highest BCUT2D eigenvalue weighted by Gasteiger charge is 2.23. The van der Waals surface area contributed by atoms with E-state index in [1.54, 1.807) is 0 Å². The summed E-state index contributed by atoms with van der Waals surface area (Å²) in [5, 5.41) is 13.5. The molecule has 118 valence electrons. The quantitative estimate of drug-likeness (QED) is 0.846. The first-order valence-electron chi connectivity index (χ1n) is 8.14. The molecule has 0 spiro atoms. The number of benzene rings is 1. The highest BCUT2D eigenvalue weighted by molar-refractivity contribution is 5.26. The Labute approximate surface area is 128 Å². The first kappa shape index (κ1) is 16.3. The zero-order valence-electron chi connectivity index (χ0n) is 13.5. The Morgan fingerprint density at radius 1 is 1.14 bits per heavy atom. The highest BCUT2D eigenvalue weighted by atomic mass is 16.5. The van der Waals surface area contributed by atoms with Crippen LogP contribution in [0.1, 0.15) is 38.7 Å². The fourth-order valence-electron chi connectivity index (χ4n) is 3.30. The number of ether oxygens (including phenoxy) is 1. The van der Waals surface area contributed by atoms with E-state index in [9.17, 15) is 5.11 Å². The van der Waals surface area contributed by atoms with Gasteiger partial charge in [-0.25, -0.2) is 0 Å². The molecule has 0 radical (unpaired) electrons. The van der Waals surface area contributed by atoms with Crippen LogP contribution in [0.2, 0.25) is 0 Å². The van der Waals surface area contributed by atoms with Gasteiger partial charge < -0.3 is 15.2 Å². The van der Waals surface area contributed by atoms with Gasteiger partial charge in [-0.3, -0.25) is 0 Å². The maximum Gasteiger partial charge on any atom is 0.119 e. The molecule has 3 unspecified atom stereocenters. The van der Waals surface area contributed by atoms with Gasteiger partial charge >= 0.3 is 0 Å². The molecule has 3 heteroatoms. The Kier molecular flexibility index (Phi) is 6.07. The first-order valence-corrected chi connectivity index (χ1v) is 8.14. The largest absolute Gasteiger partial charge is 0.491 e. The molecule has 1 saturated carbocycles. The second-order valence-electron chi connectivity index (χ2n) is 6.80. The average molecular weight is 291 g/mol. The number of hydrogen-bond donors (Lipinski definition) is 2. The summed E-state index contributed by atoms with van der Waals surface area (Å²) in [6, 6.07) is 8.47. The molecular weight excluding hydrogens is 262 g/mol. The predicted molar refractivity (Wildman–Crippen MR) is 86.7 cm³/mol. The molecule has 1 aromatic carbocycles. The van der Waals surface area contributed by atoms with Crippen molar-refractivity contribution < 1.29 is 9.84 Å². The van der Waals surface area contributed by atoms with Gasteiger partial charge in [0.05, 0.1) is 0 Å². The van der Waals surface area contributed by atoms with E-state index in [1.807, 2.05) is 24.3 Å². The molecule has 3 atom stereocenters. The lowest BCUT2D eigenvalue weighted by Crippen LogP contribution is -2.41. The summed E-state index contributed by atoms with van der Waals surface area (Å²) >= 11 is 0. The second-order valence-corrected chi connectivity index (χ2v) is 6.80. The standard InChI is InChI=1S/C18H29NO2/c1-13-4-6-18(7-5-13)21-12-17(20)11-19-16-9-14(2)8-15(3)10-16/h4-7,14-17,19-20H,8-12H2,1-3H3. The lowest BCUT2D eigenvalue weighted by atomic mass is 9.80. The Morgan fingerprint density at radius 2 is 1.76 bits per heavy atom. The van der Waals surface area contributed by atoms with Crippen LogP contribution >= 0.6 is 0 Å². The lowest BCUT2D eigenvalue weighted by molar-refractivity contribution is 0.0983. The molecule has 21 heavy (non-hydrogen) atoms. The van der Waals surface area contributed by atoms with Crippen LogP contribution in [0.15, 0.2) is 24.3 Å². The second kappa shape index (κ2) is 7.81. The molecule has 2 rings (SSSR count). The van der Waals surface area contributed by atoms with Crippen molar-refractivity contribution in [1.82, 2.24) is 5.32 Å². The van der Waals surface area contributed by atoms with Gasteiger partial charge in [0.1, 0.15) is 18.5 Å². The molecule has 2 N–H and O–H groups in total. The van der Waals surface area contributed by atoms with Gasteiger partial charge in [-0.1, -0.05) is 31.5 Å². The van der Waals surface area contributed by atoms with Crippen LogP contribution in [-0.2, 0) is 0 Å². The van der Waals surface area contributed by atoms with Gasteiger partial charge in [0.15, 0.2) is 0 Å². The van der Waals surface area contributed by atoms with Gasteiger partial charge in [-0.2, -0.15) is 0 Å². The van der Waals surface area contributed by atoms with Crippen molar-refractivity contribution in [2.24, 2.45) is 11.8 Å². The maximum atomic E-state index is 10.0. The predicted octanol–water partition coefficient (Wildman–Crippen LogP) is 3.15. The number of hydrogen-bond acceptors (Lipinski definition) is 3. The number of aliphatic hydroxyl groups excluding tert-OH is 1. The summed E-state index contributed by atoms with van der Waals surface area (Å²) in [5.41, 5.74) is 1.21. The van der Waals surface area contributed by atoms with Crippen LogP contribution in [0.25, 0.3) is 0 Å². The van der Waals surface area contributed by atoms with Gasteiger partial charge in [-0.15, -0.1) is 0 Å². The maximum absolute atomic E-state index is 10.0. The van der Waals surface area contributed by atoms with E-state index in [2.05, 4.69) is 26.1 Å². The molecule has 0 aliphatic heterocycles. The van der Waals surface area contributed by atoms with Crippen LogP contribution in [0.3, 0.4) is 0 Å². The van der Waals surface area contributed by atoms with Gasteiger partial charge in [0, 0.05) is 12.6 Å². The van der Waals surface area contributed by atoms with Crippen molar-refractivity contribution in [3.05, 3.63) is 29.8 Å². The molecule has 1 fully saturated rings. The average Bonchev–Trinajstić information content (AvgIpc) is 2.43. The third-order valence-corrected chi connectivity index (χ3v) is 4.28. The minimum Gasteiger partial charge on any atom is -0.491 e. The molecule has 1 aliphatic rings. The van der Waals surface area contributed by atoms with Crippen molar-refractivity contribution in [3.63, 3.8) is 0 Å². The van der Waals surface area contributed by atoms with Crippen molar-refractivity contribution in [1.29, 1.82) is 0 Å². The molecule has 1 aliphatic carbocycles. The Bertz CT molecular complexity index is 408. The SMILES string of the molecule is Cc1ccc(OCC(O)CNC2CC(C)CC(C)C2)cc1. The summed E-state index contributed by atoms with van der Waals surface area (Å²) in [5.74, 6) is 2.39. The zero-order valence-corrected chi connectivity index (χ0v) is 13.5. The van der Waals surface area contributed by atoms with E-state index in [0.717, 1.165) is 17.6 Å². The van der Waals surface area contributed by atoms with Gasteiger partial charge in [0.2, 0.25) is 0 Å². The monoisotopic (exact) mass is 291 g/mol. The van der Waals surface area contributed by atoms with Crippen LogP contribution in [0.4, 0.5) is 0 Å². The number of nitrogens with one attached hydrogen (secondary N) is 1. The molecule has 0 bridgehead atoms. The molecule has 0 aromatic heterocycles. The number of aryl methyl sites for hydroxylation is 1. The summed E-state index contributed by atoms with van der Waals surface area (Å²) in [7, 11) is 0.